The van der Waals surface area contributed by atoms with Gasteiger partial charge in [-0.25, -0.2) is 4.98 Å². The van der Waals surface area contributed by atoms with Crippen LogP contribution in [0.2, 0.25) is 10.0 Å². The fourth-order valence-electron chi connectivity index (χ4n) is 2.21. The molecule has 1 aromatic heterocycles. The Kier molecular flexibility index (Phi) is 5.46. The molecule has 2 N–H and O–H groups in total. The Morgan fingerprint density at radius 3 is 2.73 bits per heavy atom. The molecular formula is C18H15Cl2N3O2S. The number of hydrogen-bond acceptors (Lipinski definition) is 4. The van der Waals surface area contributed by atoms with Gasteiger partial charge >= 0.3 is 0 Å². The third-order valence-electron chi connectivity index (χ3n) is 3.59. The molecule has 0 fully saturated rings. The number of nitrogens with one attached hydrogen (secondary N) is 2. The second kappa shape index (κ2) is 7.61. The number of amides is 1. The molecule has 0 aliphatic heterocycles. The summed E-state index contributed by atoms with van der Waals surface area (Å²) in [5, 5.41) is 6.63. The Bertz CT molecular complexity index is 1000. The molecule has 2 aromatic carbocycles. The number of anilines is 1. The summed E-state index contributed by atoms with van der Waals surface area (Å²) in [6.07, 6.45) is 0. The van der Waals surface area contributed by atoms with Crippen LogP contribution in [0.15, 0.2) is 40.8 Å². The van der Waals surface area contributed by atoms with Crippen LogP contribution in [0.1, 0.15) is 13.8 Å². The summed E-state index contributed by atoms with van der Waals surface area (Å²) in [5.41, 5.74) is 2.52. The molecular weight excluding hydrogens is 393 g/mol. The van der Waals surface area contributed by atoms with Crippen LogP contribution in [0.4, 0.5) is 5.69 Å². The van der Waals surface area contributed by atoms with Crippen molar-refractivity contribution in [2.75, 3.05) is 5.32 Å². The molecule has 8 heteroatoms. The first-order chi connectivity index (χ1) is 12.3. The predicted octanol–water partition coefficient (Wildman–Crippen LogP) is 5.27. The van der Waals surface area contributed by atoms with E-state index in [1.807, 2.05) is 0 Å². The molecule has 26 heavy (non-hydrogen) atoms. The first kappa shape index (κ1) is 18.6. The van der Waals surface area contributed by atoms with Crippen molar-refractivity contribution >= 4 is 63.2 Å². The van der Waals surface area contributed by atoms with Crippen molar-refractivity contribution in [3.8, 4) is 11.5 Å². The molecule has 0 spiro atoms. The Hall–Kier alpha value is -2.15. The minimum Gasteiger partial charge on any atom is -0.436 e. The lowest BCUT2D eigenvalue weighted by Gasteiger charge is -2.10. The van der Waals surface area contributed by atoms with E-state index in [-0.39, 0.29) is 16.9 Å². The van der Waals surface area contributed by atoms with E-state index < -0.39 is 0 Å². The molecule has 3 rings (SSSR count). The quantitative estimate of drug-likeness (QED) is 0.578. The number of aromatic nitrogens is 1. The van der Waals surface area contributed by atoms with E-state index in [1.54, 1.807) is 50.2 Å². The smallest absolute Gasteiger partial charge is 0.228 e. The molecule has 0 aliphatic rings. The molecule has 5 nitrogen and oxygen atoms in total. The summed E-state index contributed by atoms with van der Waals surface area (Å²) in [6.45, 7) is 3.59. The molecule has 0 saturated heterocycles. The van der Waals surface area contributed by atoms with Gasteiger partial charge in [0, 0.05) is 11.6 Å². The lowest BCUT2D eigenvalue weighted by atomic mass is 10.2. The van der Waals surface area contributed by atoms with Crippen LogP contribution in [-0.4, -0.2) is 16.0 Å². The topological polar surface area (TPSA) is 67.2 Å². The zero-order valence-corrected chi connectivity index (χ0v) is 16.3. The van der Waals surface area contributed by atoms with Gasteiger partial charge in [0.15, 0.2) is 10.7 Å². The van der Waals surface area contributed by atoms with Crippen LogP contribution < -0.4 is 10.6 Å². The summed E-state index contributed by atoms with van der Waals surface area (Å²) in [6, 6.07) is 10.6. The van der Waals surface area contributed by atoms with Crippen molar-refractivity contribution in [1.82, 2.24) is 10.3 Å². The van der Waals surface area contributed by atoms with Crippen molar-refractivity contribution in [2.24, 2.45) is 5.92 Å². The number of carbonyl (C=O) groups is 1. The maximum Gasteiger partial charge on any atom is 0.228 e. The molecule has 3 aromatic rings. The predicted molar refractivity (Wildman–Crippen MR) is 109 cm³/mol. The first-order valence-electron chi connectivity index (χ1n) is 7.82. The molecule has 0 saturated carbocycles. The third-order valence-corrected chi connectivity index (χ3v) is 4.61. The van der Waals surface area contributed by atoms with Gasteiger partial charge in [-0.05, 0) is 42.5 Å². The van der Waals surface area contributed by atoms with Gasteiger partial charge in [0.05, 0.1) is 15.6 Å². The first-order valence-corrected chi connectivity index (χ1v) is 8.98. The highest BCUT2D eigenvalue weighted by Crippen LogP contribution is 2.34. The van der Waals surface area contributed by atoms with Gasteiger partial charge < -0.3 is 15.1 Å². The number of carbonyl (C=O) groups excluding carboxylic acids is 1. The molecule has 134 valence electrons. The number of fused-ring (bicyclic) bond motifs is 1. The third kappa shape index (κ3) is 3.98. The minimum atomic E-state index is -0.155. The van der Waals surface area contributed by atoms with Gasteiger partial charge in [-0.3, -0.25) is 4.79 Å². The van der Waals surface area contributed by atoms with E-state index in [4.69, 9.17) is 39.8 Å². The van der Waals surface area contributed by atoms with E-state index in [1.165, 1.54) is 0 Å². The Morgan fingerprint density at radius 1 is 1.23 bits per heavy atom. The molecule has 1 amide bonds. The zero-order chi connectivity index (χ0) is 18.8. The largest absolute Gasteiger partial charge is 0.436 e. The average molecular weight is 408 g/mol. The van der Waals surface area contributed by atoms with Gasteiger partial charge in [0.1, 0.15) is 5.52 Å². The van der Waals surface area contributed by atoms with E-state index in [0.29, 0.717) is 38.3 Å². The SMILES string of the molecule is CC(C)C(=O)NC(=S)Nc1ccc2oc(-c3cccc(Cl)c3Cl)nc2c1. The lowest BCUT2D eigenvalue weighted by Crippen LogP contribution is -2.36. The summed E-state index contributed by atoms with van der Waals surface area (Å²) >= 11 is 17.4. The highest BCUT2D eigenvalue weighted by atomic mass is 35.5. The second-order valence-electron chi connectivity index (χ2n) is 5.90. The molecule has 0 unspecified atom stereocenters. The second-order valence-corrected chi connectivity index (χ2v) is 7.09. The standard InChI is InChI=1S/C18H15Cl2N3O2S/c1-9(2)16(24)23-18(26)21-10-6-7-14-13(8-10)22-17(25-14)11-4-3-5-12(19)15(11)20/h3-9H,1-2H3,(H2,21,23,24,26). The van der Waals surface area contributed by atoms with Gasteiger partial charge in [-0.1, -0.05) is 43.1 Å². The minimum absolute atomic E-state index is 0.150. The molecule has 0 aliphatic carbocycles. The van der Waals surface area contributed by atoms with Crippen molar-refractivity contribution in [2.45, 2.75) is 13.8 Å². The van der Waals surface area contributed by atoms with Crippen LogP contribution in [-0.2, 0) is 4.79 Å². The van der Waals surface area contributed by atoms with E-state index >= 15 is 0 Å². The van der Waals surface area contributed by atoms with Gasteiger partial charge in [-0.15, -0.1) is 0 Å². The monoisotopic (exact) mass is 407 g/mol. The van der Waals surface area contributed by atoms with Crippen LogP contribution in [0.5, 0.6) is 0 Å². The van der Waals surface area contributed by atoms with Crippen molar-refractivity contribution in [1.29, 1.82) is 0 Å². The highest BCUT2D eigenvalue weighted by Gasteiger charge is 2.14. The Morgan fingerprint density at radius 2 is 2.00 bits per heavy atom. The summed E-state index contributed by atoms with van der Waals surface area (Å²) in [4.78, 5) is 16.1. The van der Waals surface area contributed by atoms with Crippen LogP contribution in [0.3, 0.4) is 0 Å². The summed E-state index contributed by atoms with van der Waals surface area (Å²) in [5.74, 6) is 0.0704. The number of nitrogens with zero attached hydrogens (tertiary/aromatic N) is 1. The average Bonchev–Trinajstić information content (AvgIpc) is 3.00. The number of benzene rings is 2. The number of hydrogen-bond donors (Lipinski definition) is 2. The normalized spacial score (nSPS) is 11.0. The molecule has 0 atom stereocenters. The van der Waals surface area contributed by atoms with Crippen molar-refractivity contribution in [3.05, 3.63) is 46.4 Å². The Balaban J connectivity index is 1.85. The summed E-state index contributed by atoms with van der Waals surface area (Å²) in [7, 11) is 0. The van der Waals surface area contributed by atoms with Crippen LogP contribution in [0.25, 0.3) is 22.6 Å². The fourth-order valence-corrected chi connectivity index (χ4v) is 2.81. The fraction of sp³-hybridized carbons (Fsp3) is 0.167. The van der Waals surface area contributed by atoms with Gasteiger partial charge in [0.2, 0.25) is 11.8 Å². The number of halogens is 2. The summed E-state index contributed by atoms with van der Waals surface area (Å²) < 4.78 is 5.76. The number of oxazole rings is 1. The van der Waals surface area contributed by atoms with Crippen molar-refractivity contribution in [3.63, 3.8) is 0 Å². The van der Waals surface area contributed by atoms with Gasteiger partial charge in [-0.2, -0.15) is 0 Å². The maximum absolute atomic E-state index is 11.7. The number of thiocarbonyl (C=S) groups is 1. The van der Waals surface area contributed by atoms with Crippen LogP contribution in [0, 0.1) is 5.92 Å². The van der Waals surface area contributed by atoms with Crippen LogP contribution >= 0.6 is 35.4 Å². The van der Waals surface area contributed by atoms with E-state index in [2.05, 4.69) is 15.6 Å². The number of rotatable bonds is 3. The zero-order valence-electron chi connectivity index (χ0n) is 14.0. The lowest BCUT2D eigenvalue weighted by molar-refractivity contribution is -0.122. The highest BCUT2D eigenvalue weighted by molar-refractivity contribution is 7.80. The molecule has 0 bridgehead atoms. The molecule has 0 radical (unpaired) electrons. The maximum atomic E-state index is 11.7. The van der Waals surface area contributed by atoms with Crippen molar-refractivity contribution < 1.29 is 9.21 Å². The van der Waals surface area contributed by atoms with E-state index in [9.17, 15) is 4.79 Å². The molecule has 1 heterocycles. The van der Waals surface area contributed by atoms with Gasteiger partial charge in [0.25, 0.3) is 0 Å². The Labute approximate surface area is 165 Å². The van der Waals surface area contributed by atoms with E-state index in [0.717, 1.165) is 0 Å².